The summed E-state index contributed by atoms with van der Waals surface area (Å²) in [6.07, 6.45) is 6.61. The number of esters is 1. The molecule has 0 unspecified atom stereocenters. The summed E-state index contributed by atoms with van der Waals surface area (Å²) < 4.78 is 5.17. The second-order valence-electron chi connectivity index (χ2n) is 6.34. The highest BCUT2D eigenvalue weighted by Crippen LogP contribution is 2.23. The predicted molar refractivity (Wildman–Crippen MR) is 95.6 cm³/mol. The summed E-state index contributed by atoms with van der Waals surface area (Å²) in [6.45, 7) is 3.74. The Hall–Kier alpha value is -1.81. The van der Waals surface area contributed by atoms with Gasteiger partial charge in [0.15, 0.2) is 6.10 Å². The first kappa shape index (κ1) is 18.5. The lowest BCUT2D eigenvalue weighted by molar-refractivity contribution is -0.150. The van der Waals surface area contributed by atoms with Crippen LogP contribution >= 0.6 is 11.6 Å². The molecule has 2 rings (SSSR count). The summed E-state index contributed by atoms with van der Waals surface area (Å²) in [5.41, 5.74) is 0.837. The zero-order valence-corrected chi connectivity index (χ0v) is 14.9. The van der Waals surface area contributed by atoms with E-state index in [2.05, 4.69) is 12.2 Å². The number of hydrogen-bond donors (Lipinski definition) is 1. The van der Waals surface area contributed by atoms with Crippen molar-refractivity contribution in [2.45, 2.75) is 51.7 Å². The molecule has 0 spiro atoms. The molecule has 0 aromatic heterocycles. The van der Waals surface area contributed by atoms with Crippen LogP contribution in [0.15, 0.2) is 30.3 Å². The van der Waals surface area contributed by atoms with Crippen molar-refractivity contribution in [2.75, 3.05) is 0 Å². The van der Waals surface area contributed by atoms with Crippen molar-refractivity contribution in [3.63, 3.8) is 0 Å². The van der Waals surface area contributed by atoms with Gasteiger partial charge in [-0.15, -0.1) is 0 Å². The predicted octanol–water partition coefficient (Wildman–Crippen LogP) is 3.98. The molecule has 1 aromatic carbocycles. The van der Waals surface area contributed by atoms with Gasteiger partial charge in [0.25, 0.3) is 5.91 Å². The Morgan fingerprint density at radius 3 is 2.58 bits per heavy atom. The average Bonchev–Trinajstić information content (AvgIpc) is 2.56. The third-order valence-electron chi connectivity index (χ3n) is 4.38. The summed E-state index contributed by atoms with van der Waals surface area (Å²) in [7, 11) is 0. The molecule has 3 atom stereocenters. The fraction of sp³-hybridized carbons (Fsp3) is 0.474. The lowest BCUT2D eigenvalue weighted by Crippen LogP contribution is -2.45. The highest BCUT2D eigenvalue weighted by molar-refractivity contribution is 6.30. The Labute approximate surface area is 148 Å². The van der Waals surface area contributed by atoms with E-state index in [1.54, 1.807) is 37.3 Å². The Bertz CT molecular complexity index is 597. The minimum Gasteiger partial charge on any atom is -0.449 e. The molecule has 1 aliphatic carbocycles. The van der Waals surface area contributed by atoms with Crippen LogP contribution in [0.3, 0.4) is 0 Å². The number of ether oxygens (including phenoxy) is 1. The number of hydrogen-bond acceptors (Lipinski definition) is 3. The molecule has 1 aromatic rings. The van der Waals surface area contributed by atoms with Gasteiger partial charge in [-0.1, -0.05) is 43.5 Å². The minimum absolute atomic E-state index is 0.178. The van der Waals surface area contributed by atoms with Crippen molar-refractivity contribution in [3.8, 4) is 0 Å². The van der Waals surface area contributed by atoms with Gasteiger partial charge < -0.3 is 10.1 Å². The van der Waals surface area contributed by atoms with E-state index >= 15 is 0 Å². The maximum atomic E-state index is 12.2. The monoisotopic (exact) mass is 349 g/mol. The van der Waals surface area contributed by atoms with Crippen molar-refractivity contribution in [2.24, 2.45) is 5.92 Å². The van der Waals surface area contributed by atoms with Crippen molar-refractivity contribution >= 4 is 29.6 Å². The first-order valence-corrected chi connectivity index (χ1v) is 8.78. The number of rotatable bonds is 5. The summed E-state index contributed by atoms with van der Waals surface area (Å²) in [6, 6.07) is 7.26. The van der Waals surface area contributed by atoms with Crippen LogP contribution in [-0.2, 0) is 14.3 Å². The van der Waals surface area contributed by atoms with Crippen LogP contribution < -0.4 is 5.32 Å². The molecule has 0 aliphatic heterocycles. The highest BCUT2D eigenvalue weighted by atomic mass is 35.5. The molecule has 1 aliphatic rings. The van der Waals surface area contributed by atoms with Crippen molar-refractivity contribution < 1.29 is 14.3 Å². The fourth-order valence-corrected chi connectivity index (χ4v) is 2.96. The minimum atomic E-state index is -0.804. The second-order valence-corrected chi connectivity index (χ2v) is 6.78. The standard InChI is InChI=1S/C19H24ClNO3/c1-13-5-3-4-6-17(13)21-19(23)14(2)24-18(22)12-9-15-7-10-16(20)11-8-15/h7-14,17H,3-6H2,1-2H3,(H,21,23)/b12-9+/t13-,14-,17+/m1/s1. The number of carbonyl (C=O) groups excluding carboxylic acids is 2. The Balaban J connectivity index is 1.81. The normalized spacial score (nSPS) is 22.1. The summed E-state index contributed by atoms with van der Waals surface area (Å²) in [5, 5.41) is 3.63. The maximum absolute atomic E-state index is 12.2. The van der Waals surface area contributed by atoms with Crippen molar-refractivity contribution in [1.82, 2.24) is 5.32 Å². The van der Waals surface area contributed by atoms with Crippen LogP contribution in [-0.4, -0.2) is 24.0 Å². The van der Waals surface area contributed by atoms with Crippen LogP contribution in [0.5, 0.6) is 0 Å². The number of halogens is 1. The molecule has 1 N–H and O–H groups in total. The van der Waals surface area contributed by atoms with Crippen LogP contribution in [0, 0.1) is 5.92 Å². The zero-order chi connectivity index (χ0) is 17.5. The molecule has 24 heavy (non-hydrogen) atoms. The third kappa shape index (κ3) is 5.68. The van der Waals surface area contributed by atoms with Crippen LogP contribution in [0.25, 0.3) is 6.08 Å². The molecule has 1 fully saturated rings. The Morgan fingerprint density at radius 1 is 1.25 bits per heavy atom. The molecule has 0 radical (unpaired) electrons. The molecule has 0 heterocycles. The van der Waals surface area contributed by atoms with E-state index < -0.39 is 12.1 Å². The molecule has 1 saturated carbocycles. The Morgan fingerprint density at radius 2 is 1.92 bits per heavy atom. The lowest BCUT2D eigenvalue weighted by atomic mass is 9.86. The summed E-state index contributed by atoms with van der Waals surface area (Å²) in [5.74, 6) is -0.304. The van der Waals surface area contributed by atoms with Gasteiger partial charge in [-0.3, -0.25) is 4.79 Å². The van der Waals surface area contributed by atoms with E-state index in [9.17, 15) is 9.59 Å². The third-order valence-corrected chi connectivity index (χ3v) is 4.64. The first-order chi connectivity index (χ1) is 11.5. The molecule has 0 saturated heterocycles. The molecular weight excluding hydrogens is 326 g/mol. The van der Waals surface area contributed by atoms with E-state index in [4.69, 9.17) is 16.3 Å². The van der Waals surface area contributed by atoms with Gasteiger partial charge in [0.1, 0.15) is 0 Å². The molecule has 1 amide bonds. The van der Waals surface area contributed by atoms with E-state index in [1.807, 2.05) is 0 Å². The van der Waals surface area contributed by atoms with Gasteiger partial charge in [0.2, 0.25) is 0 Å². The van der Waals surface area contributed by atoms with Crippen molar-refractivity contribution in [1.29, 1.82) is 0 Å². The molecule has 130 valence electrons. The fourth-order valence-electron chi connectivity index (χ4n) is 2.84. The van der Waals surface area contributed by atoms with Gasteiger partial charge >= 0.3 is 5.97 Å². The topological polar surface area (TPSA) is 55.4 Å². The number of carbonyl (C=O) groups is 2. The van der Waals surface area contributed by atoms with E-state index in [-0.39, 0.29) is 11.9 Å². The average molecular weight is 350 g/mol. The second kappa shape index (κ2) is 8.88. The van der Waals surface area contributed by atoms with E-state index in [0.717, 1.165) is 24.8 Å². The SMILES string of the molecule is C[C@@H]1CCCC[C@@H]1NC(=O)[C@@H](C)OC(=O)/C=C/c1ccc(Cl)cc1. The van der Waals surface area contributed by atoms with Crippen molar-refractivity contribution in [3.05, 3.63) is 40.9 Å². The van der Waals surface area contributed by atoms with Gasteiger partial charge in [-0.25, -0.2) is 4.79 Å². The smallest absolute Gasteiger partial charge is 0.331 e. The van der Waals surface area contributed by atoms with Gasteiger partial charge in [-0.05, 0) is 49.5 Å². The van der Waals surface area contributed by atoms with Gasteiger partial charge in [-0.2, -0.15) is 0 Å². The van der Waals surface area contributed by atoms with E-state index in [0.29, 0.717) is 10.9 Å². The van der Waals surface area contributed by atoms with Crippen LogP contribution in [0.1, 0.15) is 45.1 Å². The zero-order valence-electron chi connectivity index (χ0n) is 14.1. The number of benzene rings is 1. The quantitative estimate of drug-likeness (QED) is 0.646. The summed E-state index contributed by atoms with van der Waals surface area (Å²) >= 11 is 5.81. The maximum Gasteiger partial charge on any atom is 0.331 e. The molecule has 5 heteroatoms. The number of amides is 1. The first-order valence-electron chi connectivity index (χ1n) is 8.40. The Kier molecular flexibility index (Phi) is 6.85. The van der Waals surface area contributed by atoms with Gasteiger partial charge in [0, 0.05) is 17.1 Å². The number of nitrogens with one attached hydrogen (secondary N) is 1. The highest BCUT2D eigenvalue weighted by Gasteiger charge is 2.25. The van der Waals surface area contributed by atoms with Crippen LogP contribution in [0.4, 0.5) is 0 Å². The molecule has 0 bridgehead atoms. The molecular formula is C19H24ClNO3. The molecule has 4 nitrogen and oxygen atoms in total. The van der Waals surface area contributed by atoms with Gasteiger partial charge in [0.05, 0.1) is 0 Å². The summed E-state index contributed by atoms with van der Waals surface area (Å²) in [4.78, 5) is 24.0. The lowest BCUT2D eigenvalue weighted by Gasteiger charge is -2.30. The largest absolute Gasteiger partial charge is 0.449 e. The van der Waals surface area contributed by atoms with Crippen LogP contribution in [0.2, 0.25) is 5.02 Å². The van der Waals surface area contributed by atoms with E-state index in [1.165, 1.54) is 12.5 Å².